The zero-order chi connectivity index (χ0) is 8.13. The number of rotatable bonds is 0. The highest BCUT2D eigenvalue weighted by Crippen LogP contribution is 2.53. The van der Waals surface area contributed by atoms with Gasteiger partial charge in [-0.3, -0.25) is 4.79 Å². The van der Waals surface area contributed by atoms with Crippen molar-refractivity contribution in [2.24, 2.45) is 23.7 Å². The molecule has 12 heavy (non-hydrogen) atoms. The Morgan fingerprint density at radius 2 is 2.00 bits per heavy atom. The number of fused-ring (bicyclic) bond motifs is 1. The first-order chi connectivity index (χ1) is 5.86. The smallest absolute Gasteiger partial charge is 0.139 e. The highest BCUT2D eigenvalue weighted by Gasteiger charge is 2.51. The summed E-state index contributed by atoms with van der Waals surface area (Å²) in [6.07, 6.45) is 9.21. The lowest BCUT2D eigenvalue weighted by molar-refractivity contribution is -0.126. The van der Waals surface area contributed by atoms with Crippen LogP contribution in [0.4, 0.5) is 0 Å². The van der Waals surface area contributed by atoms with Crippen molar-refractivity contribution in [3.05, 3.63) is 12.2 Å². The summed E-state index contributed by atoms with van der Waals surface area (Å²) in [5.41, 5.74) is 0. The van der Waals surface area contributed by atoms with Crippen LogP contribution in [0, 0.1) is 23.7 Å². The monoisotopic (exact) mass is 162 g/mol. The van der Waals surface area contributed by atoms with Crippen molar-refractivity contribution in [1.82, 2.24) is 0 Å². The molecule has 3 rings (SSSR count). The Morgan fingerprint density at radius 1 is 1.17 bits per heavy atom. The molecule has 3 aliphatic carbocycles. The molecular weight excluding hydrogens is 148 g/mol. The average Bonchev–Trinajstić information content (AvgIpc) is 2.55. The van der Waals surface area contributed by atoms with Gasteiger partial charge in [0.15, 0.2) is 0 Å². The molecule has 2 bridgehead atoms. The molecule has 0 aromatic carbocycles. The molecule has 0 saturated heterocycles. The van der Waals surface area contributed by atoms with Gasteiger partial charge < -0.3 is 0 Å². The molecule has 0 aliphatic heterocycles. The van der Waals surface area contributed by atoms with Crippen LogP contribution in [-0.4, -0.2) is 5.78 Å². The maximum Gasteiger partial charge on any atom is 0.139 e. The van der Waals surface area contributed by atoms with Crippen LogP contribution in [0.25, 0.3) is 0 Å². The van der Waals surface area contributed by atoms with Crippen molar-refractivity contribution in [3.8, 4) is 0 Å². The van der Waals surface area contributed by atoms with E-state index in [1.807, 2.05) is 0 Å². The molecule has 1 heteroatoms. The van der Waals surface area contributed by atoms with Gasteiger partial charge in [-0.1, -0.05) is 12.2 Å². The Morgan fingerprint density at radius 3 is 2.83 bits per heavy atom. The van der Waals surface area contributed by atoms with E-state index in [1.165, 1.54) is 19.3 Å². The van der Waals surface area contributed by atoms with E-state index in [4.69, 9.17) is 0 Å². The average molecular weight is 162 g/mol. The Kier molecular flexibility index (Phi) is 1.27. The van der Waals surface area contributed by atoms with Gasteiger partial charge in [0.05, 0.1) is 0 Å². The van der Waals surface area contributed by atoms with E-state index in [1.54, 1.807) is 0 Å². The van der Waals surface area contributed by atoms with E-state index in [2.05, 4.69) is 12.2 Å². The molecule has 64 valence electrons. The third-order valence-electron chi connectivity index (χ3n) is 4.03. The van der Waals surface area contributed by atoms with E-state index in [0.717, 1.165) is 18.3 Å². The second-order valence-corrected chi connectivity index (χ2v) is 4.54. The minimum absolute atomic E-state index is 0.424. The van der Waals surface area contributed by atoms with Crippen LogP contribution < -0.4 is 0 Å². The lowest BCUT2D eigenvalue weighted by Gasteiger charge is -2.24. The molecule has 0 amide bonds. The summed E-state index contributed by atoms with van der Waals surface area (Å²) in [4.78, 5) is 11.7. The maximum absolute atomic E-state index is 11.7. The van der Waals surface area contributed by atoms with Gasteiger partial charge in [-0.25, -0.2) is 0 Å². The number of allylic oxidation sites excluding steroid dienone is 2. The molecule has 2 saturated carbocycles. The molecule has 0 aromatic rings. The second kappa shape index (κ2) is 2.21. The van der Waals surface area contributed by atoms with Crippen LogP contribution in [0.1, 0.15) is 25.7 Å². The first kappa shape index (κ1) is 6.88. The number of hydrogen-bond acceptors (Lipinski definition) is 1. The SMILES string of the molecule is O=C1C2CC3CC=CCC1C3C2. The predicted octanol–water partition coefficient (Wildman–Crippen LogP) is 2.18. The molecule has 1 nitrogen and oxygen atoms in total. The van der Waals surface area contributed by atoms with Gasteiger partial charge in [0.2, 0.25) is 0 Å². The van der Waals surface area contributed by atoms with Crippen LogP contribution in [0.15, 0.2) is 12.2 Å². The minimum Gasteiger partial charge on any atom is -0.299 e. The van der Waals surface area contributed by atoms with Crippen molar-refractivity contribution < 1.29 is 4.79 Å². The lowest BCUT2D eigenvalue weighted by atomic mass is 9.79. The van der Waals surface area contributed by atoms with E-state index in [9.17, 15) is 4.79 Å². The van der Waals surface area contributed by atoms with Crippen LogP contribution in [0.5, 0.6) is 0 Å². The van der Waals surface area contributed by atoms with Crippen molar-refractivity contribution in [2.75, 3.05) is 0 Å². The van der Waals surface area contributed by atoms with Crippen LogP contribution >= 0.6 is 0 Å². The van der Waals surface area contributed by atoms with Crippen LogP contribution in [-0.2, 0) is 4.79 Å². The van der Waals surface area contributed by atoms with Crippen LogP contribution in [0.3, 0.4) is 0 Å². The number of carbonyl (C=O) groups is 1. The summed E-state index contributed by atoms with van der Waals surface area (Å²) in [5.74, 6) is 3.09. The molecule has 3 aliphatic rings. The molecule has 2 fully saturated rings. The minimum atomic E-state index is 0.424. The standard InChI is InChI=1S/C11H14O/c12-11-8-5-7-3-1-2-4-9(11)10(7)6-8/h1-2,7-10H,3-6H2. The van der Waals surface area contributed by atoms with Gasteiger partial charge >= 0.3 is 0 Å². The zero-order valence-electron chi connectivity index (χ0n) is 7.20. The quantitative estimate of drug-likeness (QED) is 0.499. The summed E-state index contributed by atoms with van der Waals surface area (Å²) in [6.45, 7) is 0. The van der Waals surface area contributed by atoms with Gasteiger partial charge in [-0.15, -0.1) is 0 Å². The van der Waals surface area contributed by atoms with Crippen molar-refractivity contribution in [3.63, 3.8) is 0 Å². The largest absolute Gasteiger partial charge is 0.299 e. The Hall–Kier alpha value is -0.590. The van der Waals surface area contributed by atoms with Crippen molar-refractivity contribution in [1.29, 1.82) is 0 Å². The predicted molar refractivity (Wildman–Crippen MR) is 46.6 cm³/mol. The molecule has 0 heterocycles. The second-order valence-electron chi connectivity index (χ2n) is 4.54. The third-order valence-corrected chi connectivity index (χ3v) is 4.03. The fourth-order valence-electron chi connectivity index (χ4n) is 3.47. The van der Waals surface area contributed by atoms with Gasteiger partial charge in [0.1, 0.15) is 5.78 Å². The summed E-state index contributed by atoms with van der Waals surface area (Å²) >= 11 is 0. The molecule has 4 unspecified atom stereocenters. The number of ketones is 1. The number of carbonyl (C=O) groups excluding carboxylic acids is 1. The summed E-state index contributed by atoms with van der Waals surface area (Å²) in [5, 5.41) is 0. The molecule has 0 aromatic heterocycles. The summed E-state index contributed by atoms with van der Waals surface area (Å²) in [7, 11) is 0. The Labute approximate surface area is 72.8 Å². The first-order valence-electron chi connectivity index (χ1n) is 5.05. The molecular formula is C11H14O. The molecule has 0 radical (unpaired) electrons. The van der Waals surface area contributed by atoms with Gasteiger partial charge in [-0.05, 0) is 37.5 Å². The molecule has 0 spiro atoms. The number of hydrogen-bond donors (Lipinski definition) is 0. The summed E-state index contributed by atoms with van der Waals surface area (Å²) in [6, 6.07) is 0. The van der Waals surface area contributed by atoms with E-state index >= 15 is 0 Å². The zero-order valence-corrected chi connectivity index (χ0v) is 7.20. The van der Waals surface area contributed by atoms with Crippen molar-refractivity contribution in [2.45, 2.75) is 25.7 Å². The Balaban J connectivity index is 1.99. The highest BCUT2D eigenvalue weighted by atomic mass is 16.1. The highest BCUT2D eigenvalue weighted by molar-refractivity contribution is 5.87. The normalized spacial score (nSPS) is 49.8. The molecule has 0 N–H and O–H groups in total. The fraction of sp³-hybridized carbons (Fsp3) is 0.727. The lowest BCUT2D eigenvalue weighted by Crippen LogP contribution is -2.26. The first-order valence-corrected chi connectivity index (χ1v) is 5.05. The van der Waals surface area contributed by atoms with Gasteiger partial charge in [-0.2, -0.15) is 0 Å². The van der Waals surface area contributed by atoms with Gasteiger partial charge in [0, 0.05) is 11.8 Å². The van der Waals surface area contributed by atoms with Gasteiger partial charge in [0.25, 0.3) is 0 Å². The topological polar surface area (TPSA) is 17.1 Å². The maximum atomic E-state index is 11.7. The van der Waals surface area contributed by atoms with Crippen molar-refractivity contribution >= 4 is 5.78 Å². The molecule has 4 atom stereocenters. The van der Waals surface area contributed by atoms with E-state index < -0.39 is 0 Å². The summed E-state index contributed by atoms with van der Waals surface area (Å²) < 4.78 is 0. The number of Topliss-reactive ketones (excluding diaryl/α,β-unsaturated/α-hetero) is 1. The van der Waals surface area contributed by atoms with E-state index in [-0.39, 0.29) is 0 Å². The van der Waals surface area contributed by atoms with E-state index in [0.29, 0.717) is 17.6 Å². The van der Waals surface area contributed by atoms with Crippen LogP contribution in [0.2, 0.25) is 0 Å². The Bertz CT molecular complexity index is 254. The fourth-order valence-corrected chi connectivity index (χ4v) is 3.47. The third kappa shape index (κ3) is 0.720.